The number of aromatic nitrogens is 2. The van der Waals surface area contributed by atoms with E-state index in [0.29, 0.717) is 17.5 Å². The highest BCUT2D eigenvalue weighted by atomic mass is 16.5. The van der Waals surface area contributed by atoms with E-state index in [-0.39, 0.29) is 0 Å². The van der Waals surface area contributed by atoms with Gasteiger partial charge in [0, 0.05) is 0 Å². The quantitative estimate of drug-likeness (QED) is 0.654. The van der Waals surface area contributed by atoms with Crippen LogP contribution < -0.4 is 16.0 Å². The van der Waals surface area contributed by atoms with Gasteiger partial charge < -0.3 is 10.2 Å². The van der Waals surface area contributed by atoms with Crippen molar-refractivity contribution in [2.45, 2.75) is 27.7 Å². The van der Waals surface area contributed by atoms with E-state index >= 15 is 0 Å². The summed E-state index contributed by atoms with van der Waals surface area (Å²) >= 11 is 0. The summed E-state index contributed by atoms with van der Waals surface area (Å²) in [7, 11) is 0. The maximum atomic E-state index is 5.87. The van der Waals surface area contributed by atoms with Crippen molar-refractivity contribution in [3.8, 4) is 11.6 Å². The van der Waals surface area contributed by atoms with Crippen LogP contribution in [-0.2, 0) is 0 Å². The molecule has 0 aliphatic heterocycles. The Morgan fingerprint density at radius 2 is 1.84 bits per heavy atom. The van der Waals surface area contributed by atoms with Crippen LogP contribution in [0.3, 0.4) is 0 Å². The van der Waals surface area contributed by atoms with E-state index in [1.54, 1.807) is 6.92 Å². The van der Waals surface area contributed by atoms with Crippen molar-refractivity contribution in [1.29, 1.82) is 0 Å². The van der Waals surface area contributed by atoms with Crippen LogP contribution >= 0.6 is 0 Å². The van der Waals surface area contributed by atoms with Crippen molar-refractivity contribution >= 4 is 5.82 Å². The summed E-state index contributed by atoms with van der Waals surface area (Å²) in [6.45, 7) is 7.73. The third-order valence-corrected chi connectivity index (χ3v) is 2.89. The molecular formula is C14H18N4O. The number of nitrogens with one attached hydrogen (secondary N) is 1. The molecule has 0 aliphatic rings. The molecule has 1 aromatic carbocycles. The first kappa shape index (κ1) is 13.3. The number of nitrogens with zero attached hydrogens (tertiary/aromatic N) is 2. The Labute approximate surface area is 112 Å². The average Bonchev–Trinajstić information content (AvgIpc) is 2.36. The van der Waals surface area contributed by atoms with Crippen LogP contribution in [0.25, 0.3) is 0 Å². The Morgan fingerprint density at radius 3 is 2.47 bits per heavy atom. The number of benzene rings is 1. The highest BCUT2D eigenvalue weighted by Crippen LogP contribution is 2.29. The van der Waals surface area contributed by atoms with Crippen molar-refractivity contribution < 1.29 is 4.74 Å². The minimum atomic E-state index is 0.521. The van der Waals surface area contributed by atoms with Gasteiger partial charge in [0.25, 0.3) is 0 Å². The maximum Gasteiger partial charge on any atom is 0.227 e. The van der Waals surface area contributed by atoms with Crippen LogP contribution in [0.1, 0.15) is 22.5 Å². The molecule has 0 amide bonds. The van der Waals surface area contributed by atoms with Crippen LogP contribution in [0.2, 0.25) is 0 Å². The van der Waals surface area contributed by atoms with Gasteiger partial charge in [-0.05, 0) is 39.3 Å². The molecule has 2 aromatic rings. The zero-order valence-corrected chi connectivity index (χ0v) is 11.6. The molecular weight excluding hydrogens is 240 g/mol. The molecule has 100 valence electrons. The van der Waals surface area contributed by atoms with E-state index in [0.717, 1.165) is 16.9 Å². The summed E-state index contributed by atoms with van der Waals surface area (Å²) in [5.74, 6) is 7.93. The van der Waals surface area contributed by atoms with Crippen LogP contribution in [-0.4, -0.2) is 9.97 Å². The standard InChI is InChI=1S/C14H18N4O/c1-8-5-6-12(9(2)7-8)19-14-10(3)13(18-15)16-11(4)17-14/h5-7H,15H2,1-4H3,(H,16,17,18). The fourth-order valence-electron chi connectivity index (χ4n) is 1.86. The van der Waals surface area contributed by atoms with Crippen molar-refractivity contribution in [3.63, 3.8) is 0 Å². The van der Waals surface area contributed by atoms with Gasteiger partial charge in [0.15, 0.2) is 0 Å². The minimum absolute atomic E-state index is 0.521. The molecule has 3 N–H and O–H groups in total. The number of nitrogen functional groups attached to an aromatic ring is 1. The highest BCUT2D eigenvalue weighted by molar-refractivity contribution is 5.49. The Kier molecular flexibility index (Phi) is 3.66. The predicted octanol–water partition coefficient (Wildman–Crippen LogP) is 2.79. The lowest BCUT2D eigenvalue weighted by Gasteiger charge is -2.13. The lowest BCUT2D eigenvalue weighted by atomic mass is 10.1. The molecule has 0 saturated heterocycles. The molecule has 5 nitrogen and oxygen atoms in total. The van der Waals surface area contributed by atoms with Crippen LogP contribution in [0, 0.1) is 27.7 Å². The zero-order valence-electron chi connectivity index (χ0n) is 11.6. The Morgan fingerprint density at radius 1 is 1.11 bits per heavy atom. The molecule has 1 aromatic heterocycles. The molecule has 0 spiro atoms. The summed E-state index contributed by atoms with van der Waals surface area (Å²) < 4.78 is 5.87. The Bertz CT molecular complexity index is 611. The maximum absolute atomic E-state index is 5.87. The van der Waals surface area contributed by atoms with Gasteiger partial charge >= 0.3 is 0 Å². The van der Waals surface area contributed by atoms with Crippen LogP contribution in [0.4, 0.5) is 5.82 Å². The molecule has 0 saturated carbocycles. The van der Waals surface area contributed by atoms with E-state index in [2.05, 4.69) is 21.5 Å². The number of hydrazine groups is 1. The summed E-state index contributed by atoms with van der Waals surface area (Å²) in [5.41, 5.74) is 5.61. The minimum Gasteiger partial charge on any atom is -0.438 e. The third-order valence-electron chi connectivity index (χ3n) is 2.89. The van der Waals surface area contributed by atoms with E-state index < -0.39 is 0 Å². The highest BCUT2D eigenvalue weighted by Gasteiger charge is 2.11. The fraction of sp³-hybridized carbons (Fsp3) is 0.286. The molecule has 0 atom stereocenters. The van der Waals surface area contributed by atoms with Gasteiger partial charge in [-0.1, -0.05) is 17.7 Å². The summed E-state index contributed by atoms with van der Waals surface area (Å²) in [6.07, 6.45) is 0. The predicted molar refractivity (Wildman–Crippen MR) is 75.3 cm³/mol. The monoisotopic (exact) mass is 258 g/mol. The Hall–Kier alpha value is -2.14. The van der Waals surface area contributed by atoms with Gasteiger partial charge in [-0.3, -0.25) is 0 Å². The molecule has 2 rings (SSSR count). The molecule has 0 aliphatic carbocycles. The number of nitrogens with two attached hydrogens (primary N) is 1. The smallest absolute Gasteiger partial charge is 0.227 e. The zero-order chi connectivity index (χ0) is 14.0. The number of aryl methyl sites for hydroxylation is 3. The van der Waals surface area contributed by atoms with E-state index in [1.165, 1.54) is 5.56 Å². The number of rotatable bonds is 3. The first-order valence-corrected chi connectivity index (χ1v) is 6.08. The lowest BCUT2D eigenvalue weighted by Crippen LogP contribution is -2.12. The Balaban J connectivity index is 2.40. The van der Waals surface area contributed by atoms with Crippen molar-refractivity contribution in [2.75, 3.05) is 5.43 Å². The first-order chi connectivity index (χ1) is 9.01. The molecule has 19 heavy (non-hydrogen) atoms. The molecule has 5 heteroatoms. The van der Waals surface area contributed by atoms with Crippen molar-refractivity contribution in [1.82, 2.24) is 9.97 Å². The van der Waals surface area contributed by atoms with Gasteiger partial charge in [0.1, 0.15) is 17.4 Å². The second-order valence-corrected chi connectivity index (χ2v) is 4.56. The average molecular weight is 258 g/mol. The third kappa shape index (κ3) is 2.82. The van der Waals surface area contributed by atoms with Crippen molar-refractivity contribution in [3.05, 3.63) is 40.7 Å². The van der Waals surface area contributed by atoms with E-state index in [4.69, 9.17) is 10.6 Å². The second-order valence-electron chi connectivity index (χ2n) is 4.56. The molecule has 0 unspecified atom stereocenters. The molecule has 0 bridgehead atoms. The summed E-state index contributed by atoms with van der Waals surface area (Å²) in [4.78, 5) is 8.51. The van der Waals surface area contributed by atoms with E-state index in [9.17, 15) is 0 Å². The normalized spacial score (nSPS) is 10.4. The lowest BCUT2D eigenvalue weighted by molar-refractivity contribution is 0.452. The largest absolute Gasteiger partial charge is 0.438 e. The SMILES string of the molecule is Cc1ccc(Oc2nc(C)nc(NN)c2C)c(C)c1. The fourth-order valence-corrected chi connectivity index (χ4v) is 1.86. The number of anilines is 1. The number of ether oxygens (including phenoxy) is 1. The number of hydrogen-bond donors (Lipinski definition) is 2. The summed E-state index contributed by atoms with van der Waals surface area (Å²) in [6, 6.07) is 6.02. The number of hydrogen-bond acceptors (Lipinski definition) is 5. The summed E-state index contributed by atoms with van der Waals surface area (Å²) in [5, 5.41) is 0. The van der Waals surface area contributed by atoms with Crippen LogP contribution in [0.5, 0.6) is 11.6 Å². The van der Waals surface area contributed by atoms with Gasteiger partial charge in [-0.25, -0.2) is 10.8 Å². The molecule has 0 fully saturated rings. The van der Waals surface area contributed by atoms with E-state index in [1.807, 2.05) is 32.9 Å². The topological polar surface area (TPSA) is 73.1 Å². The molecule has 0 radical (unpaired) electrons. The van der Waals surface area contributed by atoms with Gasteiger partial charge in [-0.15, -0.1) is 0 Å². The van der Waals surface area contributed by atoms with Gasteiger partial charge in [0.05, 0.1) is 5.56 Å². The van der Waals surface area contributed by atoms with Gasteiger partial charge in [-0.2, -0.15) is 4.98 Å². The molecule has 1 heterocycles. The van der Waals surface area contributed by atoms with Crippen LogP contribution in [0.15, 0.2) is 18.2 Å². The van der Waals surface area contributed by atoms with Gasteiger partial charge in [0.2, 0.25) is 5.88 Å². The second kappa shape index (κ2) is 5.24. The first-order valence-electron chi connectivity index (χ1n) is 6.08. The van der Waals surface area contributed by atoms with Crippen molar-refractivity contribution in [2.24, 2.45) is 5.84 Å².